The van der Waals surface area contributed by atoms with Crippen molar-refractivity contribution in [3.63, 3.8) is 0 Å². The Morgan fingerprint density at radius 1 is 1.26 bits per heavy atom. The van der Waals surface area contributed by atoms with E-state index in [0.29, 0.717) is 18.8 Å². The van der Waals surface area contributed by atoms with Gasteiger partial charge in [-0.3, -0.25) is 0 Å². The van der Waals surface area contributed by atoms with Gasteiger partial charge in [-0.2, -0.15) is 0 Å². The zero-order valence-electron chi connectivity index (χ0n) is 14.1. The molecule has 2 unspecified atom stereocenters. The van der Waals surface area contributed by atoms with E-state index >= 15 is 0 Å². The van der Waals surface area contributed by atoms with Gasteiger partial charge in [0.1, 0.15) is 5.75 Å². The Bertz CT molecular complexity index is 464. The zero-order chi connectivity index (χ0) is 15.8. The van der Waals surface area contributed by atoms with Gasteiger partial charge in [-0.1, -0.05) is 0 Å². The fraction of sp³-hybridized carbons (Fsp3) is 0.611. The number of carbonyl (C=O) groups is 1. The van der Waals surface area contributed by atoms with Crippen molar-refractivity contribution in [1.82, 2.24) is 0 Å². The maximum absolute atomic E-state index is 12.0. The molecule has 0 spiro atoms. The number of nitrogens with one attached hydrogen (secondary N) is 1. The normalized spacial score (nSPS) is 20.4. The monoisotopic (exact) mass is 341 g/mol. The van der Waals surface area contributed by atoms with Gasteiger partial charge in [0.2, 0.25) is 0 Å². The van der Waals surface area contributed by atoms with Crippen molar-refractivity contribution in [1.29, 1.82) is 0 Å². The Balaban J connectivity index is 0.00000264. The summed E-state index contributed by atoms with van der Waals surface area (Å²) in [6.07, 6.45) is 4.94. The van der Waals surface area contributed by atoms with Crippen molar-refractivity contribution in [2.45, 2.75) is 45.6 Å². The number of carbonyl (C=O) groups excluding carboxylic acids is 1. The van der Waals surface area contributed by atoms with Crippen molar-refractivity contribution in [2.24, 2.45) is 0 Å². The molecule has 0 radical (unpaired) electrons. The van der Waals surface area contributed by atoms with E-state index in [2.05, 4.69) is 6.92 Å². The van der Waals surface area contributed by atoms with Gasteiger partial charge in [-0.15, -0.1) is 0 Å². The van der Waals surface area contributed by atoms with Crippen LogP contribution in [0.5, 0.6) is 5.75 Å². The number of benzene rings is 1. The Morgan fingerprint density at radius 2 is 2.00 bits per heavy atom. The summed E-state index contributed by atoms with van der Waals surface area (Å²) in [6, 6.07) is 7.87. The van der Waals surface area contributed by atoms with Crippen LogP contribution in [0.3, 0.4) is 0 Å². The fourth-order valence-corrected chi connectivity index (χ4v) is 3.03. The summed E-state index contributed by atoms with van der Waals surface area (Å²) < 4.78 is 10.7. The molecule has 1 heterocycles. The predicted octanol–water partition coefficient (Wildman–Crippen LogP) is -0.906. The van der Waals surface area contributed by atoms with E-state index < -0.39 is 0 Å². The summed E-state index contributed by atoms with van der Waals surface area (Å²) in [4.78, 5) is 13.6. The Labute approximate surface area is 145 Å². The molecule has 1 aliphatic heterocycles. The van der Waals surface area contributed by atoms with Crippen molar-refractivity contribution in [3.8, 4) is 5.75 Å². The van der Waals surface area contributed by atoms with Crippen molar-refractivity contribution < 1.29 is 31.6 Å². The molecule has 0 aromatic heterocycles. The fourth-order valence-electron chi connectivity index (χ4n) is 3.03. The minimum atomic E-state index is -0.246. The van der Waals surface area contributed by atoms with E-state index in [4.69, 9.17) is 9.47 Å². The largest absolute Gasteiger partial charge is 1.00 e. The first kappa shape index (κ1) is 19.8. The van der Waals surface area contributed by atoms with Crippen LogP contribution < -0.4 is 22.0 Å². The summed E-state index contributed by atoms with van der Waals surface area (Å²) in [5.74, 6) is 0.534. The van der Waals surface area contributed by atoms with Gasteiger partial charge in [-0.05, 0) is 57.4 Å². The van der Waals surface area contributed by atoms with Gasteiger partial charge < -0.3 is 26.8 Å². The molecule has 1 saturated heterocycles. The molecule has 1 aromatic carbocycles. The van der Waals surface area contributed by atoms with Crippen LogP contribution >= 0.6 is 0 Å². The van der Waals surface area contributed by atoms with Crippen LogP contribution in [0.2, 0.25) is 0 Å². The Morgan fingerprint density at radius 3 is 2.65 bits per heavy atom. The molecule has 1 aromatic rings. The standard InChI is InChI=1S/C18H27NO3.ClH/c1-3-21-17-10-8-16(9-11-17)18(20)22-14-6-13-19-12-5-4-7-15(19)2;/h8-11,15H,3-7,12-14H2,1-2H3;1H. The number of likely N-dealkylation sites (tertiary alicyclic amines) is 1. The number of rotatable bonds is 7. The highest BCUT2D eigenvalue weighted by Crippen LogP contribution is 2.12. The molecule has 23 heavy (non-hydrogen) atoms. The molecular weight excluding hydrogens is 314 g/mol. The summed E-state index contributed by atoms with van der Waals surface area (Å²) in [7, 11) is 0. The molecule has 130 valence electrons. The van der Waals surface area contributed by atoms with Crippen LogP contribution in [-0.4, -0.2) is 38.3 Å². The van der Waals surface area contributed by atoms with Crippen molar-refractivity contribution in [3.05, 3.63) is 29.8 Å². The zero-order valence-corrected chi connectivity index (χ0v) is 14.9. The Kier molecular flexibility index (Phi) is 9.03. The minimum Gasteiger partial charge on any atom is -1.00 e. The molecule has 0 aliphatic carbocycles. The van der Waals surface area contributed by atoms with E-state index in [0.717, 1.165) is 24.8 Å². The molecule has 0 amide bonds. The van der Waals surface area contributed by atoms with Gasteiger partial charge >= 0.3 is 5.97 Å². The van der Waals surface area contributed by atoms with Crippen LogP contribution in [0.25, 0.3) is 0 Å². The molecule has 5 heteroatoms. The smallest absolute Gasteiger partial charge is 0.338 e. The van der Waals surface area contributed by atoms with Crippen LogP contribution in [-0.2, 0) is 4.74 Å². The van der Waals surface area contributed by atoms with Gasteiger partial charge in [0.25, 0.3) is 0 Å². The lowest BCUT2D eigenvalue weighted by molar-refractivity contribution is -0.928. The summed E-state index contributed by atoms with van der Waals surface area (Å²) >= 11 is 0. The number of hydrogen-bond acceptors (Lipinski definition) is 3. The number of esters is 1. The maximum Gasteiger partial charge on any atom is 0.338 e. The van der Waals surface area contributed by atoms with Gasteiger partial charge in [-0.25, -0.2) is 4.79 Å². The molecule has 4 nitrogen and oxygen atoms in total. The van der Waals surface area contributed by atoms with Gasteiger partial charge in [0.05, 0.1) is 37.9 Å². The van der Waals surface area contributed by atoms with Crippen LogP contribution in [0, 0.1) is 0 Å². The second-order valence-electron chi connectivity index (χ2n) is 6.00. The van der Waals surface area contributed by atoms with Gasteiger partial charge in [0.15, 0.2) is 0 Å². The lowest BCUT2D eigenvalue weighted by Crippen LogP contribution is -3.16. The van der Waals surface area contributed by atoms with E-state index in [9.17, 15) is 4.79 Å². The van der Waals surface area contributed by atoms with E-state index in [-0.39, 0.29) is 18.4 Å². The SMILES string of the molecule is CCOc1ccc(C(=O)OCCC[NH+]2CCCCC2C)cc1.[Cl-]. The first-order valence-corrected chi connectivity index (χ1v) is 8.45. The molecule has 1 N–H and O–H groups in total. The van der Waals surface area contributed by atoms with Crippen LogP contribution in [0.4, 0.5) is 0 Å². The quantitative estimate of drug-likeness (QED) is 0.516. The average Bonchev–Trinajstić information content (AvgIpc) is 2.54. The first-order chi connectivity index (χ1) is 10.7. The van der Waals surface area contributed by atoms with E-state index in [1.54, 1.807) is 29.2 Å². The lowest BCUT2D eigenvalue weighted by Gasteiger charge is -2.30. The molecule has 0 bridgehead atoms. The highest BCUT2D eigenvalue weighted by atomic mass is 35.5. The molecular formula is C18H28ClNO3. The maximum atomic E-state index is 12.0. The van der Waals surface area contributed by atoms with Crippen molar-refractivity contribution >= 4 is 5.97 Å². The Hall–Kier alpha value is -1.26. The number of halogens is 1. The second kappa shape index (κ2) is 10.5. The molecule has 2 rings (SSSR count). The number of ether oxygens (including phenoxy) is 2. The molecule has 0 saturated carbocycles. The topological polar surface area (TPSA) is 40.0 Å². The van der Waals surface area contributed by atoms with Crippen LogP contribution in [0.1, 0.15) is 49.9 Å². The highest BCUT2D eigenvalue weighted by molar-refractivity contribution is 5.89. The second-order valence-corrected chi connectivity index (χ2v) is 6.00. The molecule has 1 aliphatic rings. The number of piperidine rings is 1. The third-order valence-electron chi connectivity index (χ3n) is 4.36. The van der Waals surface area contributed by atoms with E-state index in [1.807, 2.05) is 6.92 Å². The molecule has 1 fully saturated rings. The summed E-state index contributed by atoms with van der Waals surface area (Å²) in [5.41, 5.74) is 0.585. The number of quaternary nitrogens is 1. The summed E-state index contributed by atoms with van der Waals surface area (Å²) in [5, 5.41) is 0. The summed E-state index contributed by atoms with van der Waals surface area (Å²) in [6.45, 7) is 7.74. The lowest BCUT2D eigenvalue weighted by atomic mass is 10.0. The van der Waals surface area contributed by atoms with Crippen LogP contribution in [0.15, 0.2) is 24.3 Å². The average molecular weight is 342 g/mol. The van der Waals surface area contributed by atoms with E-state index in [1.165, 1.54) is 25.8 Å². The minimum absolute atomic E-state index is 0. The molecule has 2 atom stereocenters. The highest BCUT2D eigenvalue weighted by Gasteiger charge is 2.21. The van der Waals surface area contributed by atoms with Crippen molar-refractivity contribution in [2.75, 3.05) is 26.3 Å². The third-order valence-corrected chi connectivity index (χ3v) is 4.36. The first-order valence-electron chi connectivity index (χ1n) is 8.45. The van der Waals surface area contributed by atoms with Gasteiger partial charge in [0, 0.05) is 6.42 Å². The third kappa shape index (κ3) is 6.40. The predicted molar refractivity (Wildman–Crippen MR) is 86.5 cm³/mol. The number of hydrogen-bond donors (Lipinski definition) is 1.